The van der Waals surface area contributed by atoms with Crippen molar-refractivity contribution >= 4 is 33.4 Å². The highest BCUT2D eigenvalue weighted by Gasteiger charge is 2.35. The summed E-state index contributed by atoms with van der Waals surface area (Å²) in [5, 5.41) is 2.43. The second kappa shape index (κ2) is 11.7. The molecule has 0 spiro atoms. The molecule has 8 aromatic rings. The van der Waals surface area contributed by atoms with E-state index < -0.39 is 0 Å². The number of hydrogen-bond donors (Lipinski definition) is 0. The molecule has 1 aliphatic rings. The Morgan fingerprint density at radius 1 is 0.500 bits per heavy atom. The quantitative estimate of drug-likeness (QED) is 0.106. The highest BCUT2D eigenvalue weighted by molar-refractivity contribution is 6.05. The summed E-state index contributed by atoms with van der Waals surface area (Å²) in [4.78, 5) is 12.6. The largest absolute Gasteiger partial charge is 0.422 e. The zero-order chi connectivity index (χ0) is 33.8. The number of fused-ring (bicyclic) bond motifs is 6. The lowest BCUT2D eigenvalue weighted by Crippen LogP contribution is -2.14. The van der Waals surface area contributed by atoms with Gasteiger partial charge in [-0.15, -0.1) is 0 Å². The maximum atomic E-state index is 12.6. The topological polar surface area (TPSA) is 30.2 Å². The fourth-order valence-electron chi connectivity index (χ4n) is 7.69. The van der Waals surface area contributed by atoms with Gasteiger partial charge < -0.3 is 4.42 Å². The monoisotopic (exact) mass is 642 g/mol. The van der Waals surface area contributed by atoms with E-state index in [1.807, 2.05) is 36.4 Å². The van der Waals surface area contributed by atoms with E-state index in [0.717, 1.165) is 38.6 Å². The molecule has 1 heterocycles. The van der Waals surface area contributed by atoms with Gasteiger partial charge in [0.05, 0.1) is 5.39 Å². The Hall–Kier alpha value is -6.25. The third-order valence-electron chi connectivity index (χ3n) is 10.4. The molecule has 238 valence electrons. The molecular weight excluding hydrogens is 609 g/mol. The van der Waals surface area contributed by atoms with Crippen molar-refractivity contribution in [3.8, 4) is 33.4 Å². The summed E-state index contributed by atoms with van der Waals surface area (Å²) in [6, 6.07) is 57.6. The van der Waals surface area contributed by atoms with E-state index in [9.17, 15) is 4.79 Å². The van der Waals surface area contributed by atoms with Crippen LogP contribution in [0, 0.1) is 0 Å². The van der Waals surface area contributed by atoms with Crippen LogP contribution in [0.4, 0.5) is 0 Å². The van der Waals surface area contributed by atoms with Crippen molar-refractivity contribution in [2.45, 2.75) is 19.3 Å². The summed E-state index contributed by atoms with van der Waals surface area (Å²) >= 11 is 0. The van der Waals surface area contributed by atoms with Gasteiger partial charge >= 0.3 is 5.63 Å². The molecule has 0 amide bonds. The maximum Gasteiger partial charge on any atom is 0.344 e. The van der Waals surface area contributed by atoms with Crippen molar-refractivity contribution in [3.05, 3.63) is 202 Å². The zero-order valence-electron chi connectivity index (χ0n) is 28.0. The minimum atomic E-state index is -0.308. The van der Waals surface area contributed by atoms with Gasteiger partial charge in [-0.05, 0) is 96.4 Å². The average Bonchev–Trinajstić information content (AvgIpc) is 3.40. The second-order valence-corrected chi connectivity index (χ2v) is 13.7. The van der Waals surface area contributed by atoms with Gasteiger partial charge in [0, 0.05) is 10.8 Å². The summed E-state index contributed by atoms with van der Waals surface area (Å²) < 4.78 is 5.65. The molecule has 0 fully saturated rings. The number of benzene rings is 7. The Balaban J connectivity index is 1.14. The van der Waals surface area contributed by atoms with E-state index in [1.165, 1.54) is 38.9 Å². The molecule has 0 aliphatic heterocycles. The van der Waals surface area contributed by atoms with Gasteiger partial charge in [-0.3, -0.25) is 0 Å². The first kappa shape index (κ1) is 29.9. The smallest absolute Gasteiger partial charge is 0.344 e. The van der Waals surface area contributed by atoms with Crippen molar-refractivity contribution in [3.63, 3.8) is 0 Å². The van der Waals surface area contributed by atoms with E-state index in [0.29, 0.717) is 11.0 Å². The van der Waals surface area contributed by atoms with Crippen LogP contribution >= 0.6 is 0 Å². The third-order valence-corrected chi connectivity index (χ3v) is 10.4. The fraction of sp³-hybridized carbons (Fsp3) is 0.0625. The molecular formula is C48H34O2. The van der Waals surface area contributed by atoms with E-state index in [1.54, 1.807) is 0 Å². The molecule has 2 nitrogen and oxygen atoms in total. The lowest BCUT2D eigenvalue weighted by atomic mass is 9.82. The van der Waals surface area contributed by atoms with Gasteiger partial charge in [-0.2, -0.15) is 0 Å². The van der Waals surface area contributed by atoms with Crippen LogP contribution in [0.5, 0.6) is 0 Å². The minimum Gasteiger partial charge on any atom is -0.422 e. The van der Waals surface area contributed by atoms with Crippen LogP contribution in [0.3, 0.4) is 0 Å². The Bertz CT molecular complexity index is 2660. The molecule has 1 aromatic heterocycles. The van der Waals surface area contributed by atoms with Gasteiger partial charge in [0.1, 0.15) is 5.58 Å². The molecule has 0 saturated heterocycles. The fourth-order valence-corrected chi connectivity index (χ4v) is 7.69. The molecule has 0 atom stereocenters. The van der Waals surface area contributed by atoms with Crippen LogP contribution in [0.1, 0.15) is 41.7 Å². The molecule has 0 unspecified atom stereocenters. The first-order valence-electron chi connectivity index (χ1n) is 17.1. The summed E-state index contributed by atoms with van der Waals surface area (Å²) in [7, 11) is 0. The normalized spacial score (nSPS) is 13.4. The molecule has 0 saturated carbocycles. The van der Waals surface area contributed by atoms with E-state index >= 15 is 0 Å². The van der Waals surface area contributed by atoms with Crippen LogP contribution in [0.15, 0.2) is 173 Å². The lowest BCUT2D eigenvalue weighted by molar-refractivity contribution is 0.569. The van der Waals surface area contributed by atoms with Crippen molar-refractivity contribution in [1.82, 2.24) is 0 Å². The molecule has 7 aromatic carbocycles. The maximum absolute atomic E-state index is 12.6. The van der Waals surface area contributed by atoms with Gasteiger partial charge in [0.2, 0.25) is 0 Å². The Morgan fingerprint density at radius 3 is 1.82 bits per heavy atom. The third kappa shape index (κ3) is 5.00. The Labute approximate surface area is 291 Å². The summed E-state index contributed by atoms with van der Waals surface area (Å²) in [6.07, 6.45) is 2.33. The highest BCUT2D eigenvalue weighted by atomic mass is 16.4. The Morgan fingerprint density at radius 2 is 1.08 bits per heavy atom. The van der Waals surface area contributed by atoms with Crippen LogP contribution < -0.4 is 5.63 Å². The second-order valence-electron chi connectivity index (χ2n) is 13.7. The highest BCUT2D eigenvalue weighted by Crippen LogP contribution is 2.49. The first-order valence-corrected chi connectivity index (χ1v) is 17.1. The zero-order valence-corrected chi connectivity index (χ0v) is 28.0. The predicted octanol–water partition coefficient (Wildman–Crippen LogP) is 12.2. The molecule has 50 heavy (non-hydrogen) atoms. The van der Waals surface area contributed by atoms with Gasteiger partial charge in [-0.1, -0.05) is 159 Å². The SMILES string of the molecule is CC1(C)c2ccccc2-c2ccc(C=C(c3ccc(-c4ccccc4)cc3)c3ccc(-c4ccc5oc(=O)c6ccccc6c5c4)cc3)cc21. The van der Waals surface area contributed by atoms with Crippen molar-refractivity contribution < 1.29 is 4.42 Å². The summed E-state index contributed by atoms with van der Waals surface area (Å²) in [5.41, 5.74) is 14.8. The number of rotatable bonds is 5. The number of hydrogen-bond acceptors (Lipinski definition) is 2. The molecule has 1 aliphatic carbocycles. The van der Waals surface area contributed by atoms with Gasteiger partial charge in [-0.25, -0.2) is 4.79 Å². The molecule has 0 bridgehead atoms. The molecule has 0 radical (unpaired) electrons. The van der Waals surface area contributed by atoms with Gasteiger partial charge in [0.15, 0.2) is 0 Å². The van der Waals surface area contributed by atoms with E-state index in [2.05, 4.69) is 147 Å². The molecule has 0 N–H and O–H groups in total. The van der Waals surface area contributed by atoms with Gasteiger partial charge in [0.25, 0.3) is 0 Å². The Kier molecular flexibility index (Phi) is 7.00. The van der Waals surface area contributed by atoms with Crippen molar-refractivity contribution in [2.24, 2.45) is 0 Å². The average molecular weight is 643 g/mol. The first-order chi connectivity index (χ1) is 24.4. The van der Waals surface area contributed by atoms with Crippen LogP contribution in [-0.4, -0.2) is 0 Å². The van der Waals surface area contributed by atoms with Crippen molar-refractivity contribution in [2.75, 3.05) is 0 Å². The van der Waals surface area contributed by atoms with E-state index in [-0.39, 0.29) is 11.0 Å². The predicted molar refractivity (Wildman–Crippen MR) is 208 cm³/mol. The summed E-state index contributed by atoms with van der Waals surface area (Å²) in [5.74, 6) is 0. The van der Waals surface area contributed by atoms with Crippen LogP contribution in [0.2, 0.25) is 0 Å². The molecule has 2 heteroatoms. The van der Waals surface area contributed by atoms with Crippen LogP contribution in [-0.2, 0) is 5.41 Å². The molecule has 9 rings (SSSR count). The minimum absolute atomic E-state index is 0.0668. The van der Waals surface area contributed by atoms with E-state index in [4.69, 9.17) is 4.42 Å². The van der Waals surface area contributed by atoms with Crippen molar-refractivity contribution in [1.29, 1.82) is 0 Å². The van der Waals surface area contributed by atoms with Crippen LogP contribution in [0.25, 0.3) is 66.8 Å². The lowest BCUT2D eigenvalue weighted by Gasteiger charge is -2.21. The summed E-state index contributed by atoms with van der Waals surface area (Å²) in [6.45, 7) is 4.66. The standard InChI is InChI=1S/C48H34O2/c1-48(2)44-15-9-8-13-39(44)40-26-16-31(29-45(40)48)28-42(35-21-17-33(18-22-35)32-10-4-3-5-11-32)36-23-19-34(20-24-36)37-25-27-46-43(30-37)38-12-6-7-14-41(38)47(49)50-46/h3-30H,1-2H3.